The van der Waals surface area contributed by atoms with Crippen LogP contribution >= 0.6 is 11.6 Å². The number of hydrogen-bond acceptors (Lipinski definition) is 2. The first kappa shape index (κ1) is 12.6. The van der Waals surface area contributed by atoms with Gasteiger partial charge in [0, 0.05) is 18.3 Å². The van der Waals surface area contributed by atoms with Gasteiger partial charge in [0.25, 0.3) is 5.91 Å². The summed E-state index contributed by atoms with van der Waals surface area (Å²) in [5, 5.41) is 7.00. The van der Waals surface area contributed by atoms with Crippen LogP contribution in [0.4, 0.5) is 4.39 Å². The number of hydrogen-bond donors (Lipinski definition) is 1. The number of carbonyl (C=O) groups excluding carboxylic acids is 1. The summed E-state index contributed by atoms with van der Waals surface area (Å²) in [6, 6.07) is 5.63. The molecule has 0 aliphatic carbocycles. The maximum atomic E-state index is 13.4. The van der Waals surface area contributed by atoms with Gasteiger partial charge in [-0.25, -0.2) is 4.39 Å². The van der Waals surface area contributed by atoms with Crippen LogP contribution < -0.4 is 5.32 Å². The van der Waals surface area contributed by atoms with Crippen LogP contribution in [0.5, 0.6) is 0 Å². The molecule has 0 spiro atoms. The maximum absolute atomic E-state index is 13.4. The van der Waals surface area contributed by atoms with Crippen LogP contribution in [0.1, 0.15) is 16.1 Å². The Balaban J connectivity index is 2.05. The van der Waals surface area contributed by atoms with Crippen molar-refractivity contribution in [3.63, 3.8) is 0 Å². The third-order valence-electron chi connectivity index (χ3n) is 2.37. The van der Waals surface area contributed by atoms with Crippen LogP contribution in [-0.4, -0.2) is 15.7 Å². The van der Waals surface area contributed by atoms with Crippen molar-refractivity contribution in [1.29, 1.82) is 0 Å². The maximum Gasteiger partial charge on any atom is 0.254 e. The molecule has 0 atom stereocenters. The van der Waals surface area contributed by atoms with Gasteiger partial charge in [-0.1, -0.05) is 11.6 Å². The Morgan fingerprint density at radius 1 is 1.50 bits per heavy atom. The van der Waals surface area contributed by atoms with Gasteiger partial charge in [-0.2, -0.15) is 5.10 Å². The molecule has 1 aromatic carbocycles. The predicted molar refractivity (Wildman–Crippen MR) is 65.8 cm³/mol. The molecular weight excluding hydrogens is 257 g/mol. The van der Waals surface area contributed by atoms with E-state index in [2.05, 4.69) is 10.4 Å². The SMILES string of the molecule is Cn1ccc(CNC(=O)c2cc(Cl)ccc2F)n1. The molecule has 0 aliphatic heterocycles. The lowest BCUT2D eigenvalue weighted by molar-refractivity contribution is 0.0946. The molecule has 1 amide bonds. The first-order chi connectivity index (χ1) is 8.56. The van der Waals surface area contributed by atoms with E-state index < -0.39 is 11.7 Å². The van der Waals surface area contributed by atoms with Crippen LogP contribution in [-0.2, 0) is 13.6 Å². The van der Waals surface area contributed by atoms with E-state index >= 15 is 0 Å². The van der Waals surface area contributed by atoms with Crippen LogP contribution in [0.25, 0.3) is 0 Å². The molecule has 6 heteroatoms. The van der Waals surface area contributed by atoms with E-state index in [4.69, 9.17) is 11.6 Å². The van der Waals surface area contributed by atoms with Gasteiger partial charge in [-0.05, 0) is 24.3 Å². The molecule has 4 nitrogen and oxygen atoms in total. The quantitative estimate of drug-likeness (QED) is 0.926. The number of benzene rings is 1. The smallest absolute Gasteiger partial charge is 0.254 e. The van der Waals surface area contributed by atoms with E-state index in [1.54, 1.807) is 24.0 Å². The van der Waals surface area contributed by atoms with Crippen molar-refractivity contribution < 1.29 is 9.18 Å². The van der Waals surface area contributed by atoms with Crippen LogP contribution in [0, 0.1) is 5.82 Å². The topological polar surface area (TPSA) is 46.9 Å². The normalized spacial score (nSPS) is 10.4. The van der Waals surface area contributed by atoms with Gasteiger partial charge in [-0.3, -0.25) is 9.48 Å². The molecule has 2 aromatic rings. The first-order valence-electron chi connectivity index (χ1n) is 5.28. The molecule has 2 rings (SSSR count). The number of amides is 1. The molecule has 18 heavy (non-hydrogen) atoms. The second-order valence-electron chi connectivity index (χ2n) is 3.79. The molecular formula is C12H11ClFN3O. The van der Waals surface area contributed by atoms with Crippen molar-refractivity contribution >= 4 is 17.5 Å². The highest BCUT2D eigenvalue weighted by molar-refractivity contribution is 6.30. The van der Waals surface area contributed by atoms with E-state index in [9.17, 15) is 9.18 Å². The Labute approximate surface area is 108 Å². The molecule has 0 saturated carbocycles. The minimum atomic E-state index is -0.599. The zero-order chi connectivity index (χ0) is 13.1. The predicted octanol–water partition coefficient (Wildman–Crippen LogP) is 2.14. The minimum absolute atomic E-state index is 0.0709. The number of nitrogens with zero attached hydrogens (tertiary/aromatic N) is 2. The second kappa shape index (κ2) is 5.18. The second-order valence-corrected chi connectivity index (χ2v) is 4.22. The first-order valence-corrected chi connectivity index (χ1v) is 5.66. The van der Waals surface area contributed by atoms with E-state index in [1.165, 1.54) is 12.1 Å². The van der Waals surface area contributed by atoms with Crippen LogP contribution in [0.2, 0.25) is 5.02 Å². The van der Waals surface area contributed by atoms with Gasteiger partial charge in [0.2, 0.25) is 0 Å². The van der Waals surface area contributed by atoms with Crippen molar-refractivity contribution in [3.8, 4) is 0 Å². The lowest BCUT2D eigenvalue weighted by Crippen LogP contribution is -2.24. The number of nitrogens with one attached hydrogen (secondary N) is 1. The van der Waals surface area contributed by atoms with Gasteiger partial charge in [0.15, 0.2) is 0 Å². The standard InChI is InChI=1S/C12H11ClFN3O/c1-17-5-4-9(16-17)7-15-12(18)10-6-8(13)2-3-11(10)14/h2-6H,7H2,1H3,(H,15,18). The fraction of sp³-hybridized carbons (Fsp3) is 0.167. The molecule has 94 valence electrons. The number of carbonyl (C=O) groups is 1. The molecule has 1 heterocycles. The fourth-order valence-corrected chi connectivity index (χ4v) is 1.67. The van der Waals surface area contributed by atoms with Crippen molar-refractivity contribution in [2.45, 2.75) is 6.54 Å². The fourth-order valence-electron chi connectivity index (χ4n) is 1.50. The highest BCUT2D eigenvalue weighted by Gasteiger charge is 2.12. The van der Waals surface area contributed by atoms with E-state index in [-0.39, 0.29) is 12.1 Å². The summed E-state index contributed by atoms with van der Waals surface area (Å²) >= 11 is 5.72. The lowest BCUT2D eigenvalue weighted by atomic mass is 10.2. The Bertz CT molecular complexity index is 582. The third-order valence-corrected chi connectivity index (χ3v) is 2.61. The number of aromatic nitrogens is 2. The molecule has 0 unspecified atom stereocenters. The monoisotopic (exact) mass is 267 g/mol. The molecule has 0 bridgehead atoms. The van der Waals surface area contributed by atoms with Crippen LogP contribution in [0.15, 0.2) is 30.5 Å². The average Bonchev–Trinajstić information content (AvgIpc) is 2.75. The van der Waals surface area contributed by atoms with Gasteiger partial charge < -0.3 is 5.32 Å². The molecule has 0 saturated heterocycles. The van der Waals surface area contributed by atoms with Gasteiger partial charge in [0.1, 0.15) is 5.82 Å². The summed E-state index contributed by atoms with van der Waals surface area (Å²) in [6.45, 7) is 0.242. The van der Waals surface area contributed by atoms with Crippen molar-refractivity contribution in [3.05, 3.63) is 52.6 Å². The van der Waals surface area contributed by atoms with Crippen LogP contribution in [0.3, 0.4) is 0 Å². The summed E-state index contributed by atoms with van der Waals surface area (Å²) in [5.74, 6) is -1.11. The Morgan fingerprint density at radius 3 is 2.94 bits per heavy atom. The highest BCUT2D eigenvalue weighted by atomic mass is 35.5. The van der Waals surface area contributed by atoms with Crippen molar-refractivity contribution in [2.24, 2.45) is 7.05 Å². The summed E-state index contributed by atoms with van der Waals surface area (Å²) < 4.78 is 15.0. The van der Waals surface area contributed by atoms with Gasteiger partial charge in [-0.15, -0.1) is 0 Å². The van der Waals surface area contributed by atoms with E-state index in [0.717, 1.165) is 6.07 Å². The van der Waals surface area contributed by atoms with E-state index in [1.807, 2.05) is 0 Å². The third kappa shape index (κ3) is 2.87. The number of rotatable bonds is 3. The molecule has 0 fully saturated rings. The molecule has 1 aromatic heterocycles. The summed E-state index contributed by atoms with van der Waals surface area (Å²) in [5.41, 5.74) is 0.631. The highest BCUT2D eigenvalue weighted by Crippen LogP contribution is 2.14. The number of halogens is 2. The van der Waals surface area contributed by atoms with Crippen molar-refractivity contribution in [1.82, 2.24) is 15.1 Å². The zero-order valence-corrected chi connectivity index (χ0v) is 10.4. The molecule has 1 N–H and O–H groups in total. The van der Waals surface area contributed by atoms with Gasteiger partial charge in [0.05, 0.1) is 17.8 Å². The number of aryl methyl sites for hydroxylation is 1. The molecule has 0 aliphatic rings. The summed E-state index contributed by atoms with van der Waals surface area (Å²) in [4.78, 5) is 11.8. The van der Waals surface area contributed by atoms with E-state index in [0.29, 0.717) is 10.7 Å². The Hall–Kier alpha value is -1.88. The lowest BCUT2D eigenvalue weighted by Gasteiger charge is -2.05. The Morgan fingerprint density at radius 2 is 2.28 bits per heavy atom. The average molecular weight is 268 g/mol. The molecule has 0 radical (unpaired) electrons. The summed E-state index contributed by atoms with van der Waals surface area (Å²) in [6.07, 6.45) is 1.77. The largest absolute Gasteiger partial charge is 0.346 e. The zero-order valence-electron chi connectivity index (χ0n) is 9.65. The summed E-state index contributed by atoms with van der Waals surface area (Å²) in [7, 11) is 1.78. The van der Waals surface area contributed by atoms with Gasteiger partial charge >= 0.3 is 0 Å². The minimum Gasteiger partial charge on any atom is -0.346 e. The Kier molecular flexibility index (Phi) is 3.62. The van der Waals surface area contributed by atoms with Crippen molar-refractivity contribution in [2.75, 3.05) is 0 Å².